The Bertz CT molecular complexity index is 1740. The van der Waals surface area contributed by atoms with E-state index in [0.29, 0.717) is 30.6 Å². The lowest BCUT2D eigenvalue weighted by Gasteiger charge is -2.36. The molecule has 2 heterocycles. The minimum Gasteiger partial charge on any atom is -0.504 e. The van der Waals surface area contributed by atoms with Crippen LogP contribution in [-0.4, -0.2) is 71.8 Å². The number of esters is 2. The number of aromatic nitrogens is 1. The Morgan fingerprint density at radius 3 is 2.37 bits per heavy atom. The van der Waals surface area contributed by atoms with Crippen molar-refractivity contribution in [3.63, 3.8) is 0 Å². The van der Waals surface area contributed by atoms with Crippen molar-refractivity contribution >= 4 is 29.7 Å². The molecule has 2 aromatic carbocycles. The highest BCUT2D eigenvalue weighted by Gasteiger charge is 2.51. The number of phenolic OH excluding ortho intramolecular Hbond substituents is 1. The number of carbonyl (C=O) groups excluding carboxylic acids is 2. The fourth-order valence-corrected chi connectivity index (χ4v) is 5.84. The number of carbonyl (C=O) groups is 2. The Morgan fingerprint density at radius 1 is 1.06 bits per heavy atom. The van der Waals surface area contributed by atoms with Crippen LogP contribution in [0.1, 0.15) is 56.8 Å². The van der Waals surface area contributed by atoms with Crippen molar-refractivity contribution < 1.29 is 42.4 Å². The summed E-state index contributed by atoms with van der Waals surface area (Å²) in [4.78, 5) is 35.9. The van der Waals surface area contributed by atoms with Crippen LogP contribution in [0.5, 0.6) is 28.9 Å². The lowest BCUT2D eigenvalue weighted by molar-refractivity contribution is -0.174. The Kier molecular flexibility index (Phi) is 10.6. The average molecular weight is 681 g/mol. The maximum Gasteiger partial charge on any atom is 0.323 e. The molecule has 1 aliphatic heterocycles. The highest BCUT2D eigenvalue weighted by Crippen LogP contribution is 2.43. The molecule has 15 heteroatoms. The third-order valence-electron chi connectivity index (χ3n) is 8.45. The SMILES string of the molecule is CCOC(=O)C1(C(=O)OCC)CCC(Nc2ccc(Oc3c(F)cnc(Oc4cc(C(=N)N)ccc4O)c3F)c(C3N=CCN3C)c2)CC1. The van der Waals surface area contributed by atoms with Gasteiger partial charge in [-0.1, -0.05) is 0 Å². The predicted octanol–water partition coefficient (Wildman–Crippen LogP) is 5.42. The lowest BCUT2D eigenvalue weighted by atomic mass is 9.72. The third-order valence-corrected chi connectivity index (χ3v) is 8.45. The van der Waals surface area contributed by atoms with Crippen molar-refractivity contribution in [2.45, 2.75) is 51.7 Å². The molecular formula is C34H38F2N6O7. The van der Waals surface area contributed by atoms with Crippen molar-refractivity contribution in [1.82, 2.24) is 9.88 Å². The van der Waals surface area contributed by atoms with Gasteiger partial charge in [0.25, 0.3) is 5.88 Å². The summed E-state index contributed by atoms with van der Waals surface area (Å²) < 4.78 is 52.6. The van der Waals surface area contributed by atoms with Crippen molar-refractivity contribution in [1.29, 1.82) is 5.41 Å². The van der Waals surface area contributed by atoms with E-state index in [0.717, 1.165) is 6.20 Å². The molecule has 5 N–H and O–H groups in total. The van der Waals surface area contributed by atoms with Crippen molar-refractivity contribution in [3.05, 3.63) is 65.4 Å². The second kappa shape index (κ2) is 14.8. The van der Waals surface area contributed by atoms with E-state index in [9.17, 15) is 14.7 Å². The van der Waals surface area contributed by atoms with E-state index < -0.39 is 46.8 Å². The molecule has 2 aliphatic rings. The maximum absolute atomic E-state index is 15.7. The number of nitrogen functional groups attached to an aromatic ring is 1. The summed E-state index contributed by atoms with van der Waals surface area (Å²) in [6, 6.07) is 8.74. The minimum absolute atomic E-state index is 0.103. The molecule has 1 aromatic heterocycles. The van der Waals surface area contributed by atoms with Crippen LogP contribution in [0.25, 0.3) is 0 Å². The van der Waals surface area contributed by atoms with Crippen LogP contribution in [0.3, 0.4) is 0 Å². The fourth-order valence-electron chi connectivity index (χ4n) is 5.84. The molecule has 3 aromatic rings. The Hall–Kier alpha value is -5.31. The zero-order chi connectivity index (χ0) is 35.3. The molecular weight excluding hydrogens is 642 g/mol. The van der Waals surface area contributed by atoms with Crippen molar-refractivity contribution in [2.24, 2.45) is 16.1 Å². The summed E-state index contributed by atoms with van der Waals surface area (Å²) in [5.74, 6) is -5.82. The summed E-state index contributed by atoms with van der Waals surface area (Å²) in [6.07, 6.45) is 3.37. The van der Waals surface area contributed by atoms with Gasteiger partial charge in [-0.15, -0.1) is 0 Å². The first-order chi connectivity index (χ1) is 23.5. The molecule has 1 aliphatic carbocycles. The van der Waals surface area contributed by atoms with Gasteiger partial charge in [0.2, 0.25) is 11.6 Å². The summed E-state index contributed by atoms with van der Waals surface area (Å²) in [7, 11) is 1.84. The quantitative estimate of drug-likeness (QED) is 0.0830. The molecule has 1 atom stereocenters. The summed E-state index contributed by atoms with van der Waals surface area (Å²) in [5, 5.41) is 21.3. The molecule has 0 spiro atoms. The van der Waals surface area contributed by atoms with Crippen LogP contribution in [0.15, 0.2) is 47.6 Å². The number of ether oxygens (including phenoxy) is 4. The van der Waals surface area contributed by atoms with Gasteiger partial charge in [-0.05, 0) is 83.0 Å². The molecule has 1 fully saturated rings. The number of hydrogen-bond donors (Lipinski definition) is 4. The van der Waals surface area contributed by atoms with Gasteiger partial charge in [0.1, 0.15) is 17.8 Å². The number of aromatic hydroxyl groups is 1. The smallest absolute Gasteiger partial charge is 0.323 e. The lowest BCUT2D eigenvalue weighted by Crippen LogP contribution is -2.46. The van der Waals surface area contributed by atoms with Crippen LogP contribution >= 0.6 is 0 Å². The number of aliphatic imine (C=N–C) groups is 1. The topological polar surface area (TPSA) is 182 Å². The number of amidine groups is 1. The van der Waals surface area contributed by atoms with Crippen LogP contribution in [0, 0.1) is 22.5 Å². The van der Waals surface area contributed by atoms with Crippen LogP contribution in [-0.2, 0) is 19.1 Å². The van der Waals surface area contributed by atoms with E-state index >= 15 is 8.78 Å². The average Bonchev–Trinajstić information content (AvgIpc) is 3.51. The van der Waals surface area contributed by atoms with Gasteiger partial charge in [0, 0.05) is 35.6 Å². The van der Waals surface area contributed by atoms with Gasteiger partial charge in [-0.25, -0.2) is 9.37 Å². The number of anilines is 1. The highest BCUT2D eigenvalue weighted by molar-refractivity contribution is 6.00. The van der Waals surface area contributed by atoms with Crippen LogP contribution < -0.4 is 20.5 Å². The first kappa shape index (κ1) is 35.0. The predicted molar refractivity (Wildman–Crippen MR) is 175 cm³/mol. The van der Waals surface area contributed by atoms with Gasteiger partial charge in [-0.3, -0.25) is 24.9 Å². The Balaban J connectivity index is 1.39. The standard InChI is InChI=1S/C34H38F2N6O7/c1-4-46-32(44)34(33(45)47-5-2)12-10-20(11-13-34)41-21-7-9-25(22(17-21)30-39-14-15-42(30)3)48-28-23(35)18-40-31(27(28)36)49-26-16-19(29(37)38)6-8-24(26)43/h6-9,14,16-18,20,30,41,43H,4-5,10-13,15H2,1-3H3,(H3,37,38). The number of nitrogens with two attached hydrogens (primary N) is 1. The van der Waals surface area contributed by atoms with E-state index in [-0.39, 0.29) is 60.7 Å². The number of nitrogens with zero attached hydrogens (tertiary/aromatic N) is 3. The van der Waals surface area contributed by atoms with Gasteiger partial charge >= 0.3 is 11.9 Å². The number of phenols is 1. The van der Waals surface area contributed by atoms with E-state index in [1.807, 2.05) is 11.9 Å². The number of hydrogen-bond acceptors (Lipinski definition) is 12. The third kappa shape index (κ3) is 7.41. The van der Waals surface area contributed by atoms with Gasteiger partial charge < -0.3 is 35.1 Å². The molecule has 260 valence electrons. The number of nitrogens with one attached hydrogen (secondary N) is 2. The summed E-state index contributed by atoms with van der Waals surface area (Å²) in [5.41, 5.74) is 5.54. The van der Waals surface area contributed by atoms with E-state index in [1.165, 1.54) is 18.2 Å². The van der Waals surface area contributed by atoms with E-state index in [1.54, 1.807) is 38.3 Å². The molecule has 0 amide bonds. The minimum atomic E-state index is -1.36. The molecule has 13 nitrogen and oxygen atoms in total. The van der Waals surface area contributed by atoms with Crippen molar-refractivity contribution in [2.75, 3.05) is 32.1 Å². The highest BCUT2D eigenvalue weighted by atomic mass is 19.1. The Morgan fingerprint density at radius 2 is 1.76 bits per heavy atom. The normalized spacial score (nSPS) is 17.4. The fraction of sp³-hybridized carbons (Fsp3) is 0.382. The first-order valence-electron chi connectivity index (χ1n) is 15.8. The molecule has 0 radical (unpaired) electrons. The van der Waals surface area contributed by atoms with Crippen molar-refractivity contribution in [3.8, 4) is 28.9 Å². The molecule has 49 heavy (non-hydrogen) atoms. The zero-order valence-corrected chi connectivity index (χ0v) is 27.3. The van der Waals surface area contributed by atoms with Crippen LogP contribution in [0.2, 0.25) is 0 Å². The van der Waals surface area contributed by atoms with Gasteiger partial charge in [-0.2, -0.15) is 4.39 Å². The number of rotatable bonds is 12. The van der Waals surface area contributed by atoms with Gasteiger partial charge in [0.05, 0.1) is 19.4 Å². The zero-order valence-electron chi connectivity index (χ0n) is 27.3. The maximum atomic E-state index is 15.7. The second-order valence-electron chi connectivity index (χ2n) is 11.7. The summed E-state index contributed by atoms with van der Waals surface area (Å²) in [6.45, 7) is 4.21. The Labute approximate surface area is 281 Å². The monoisotopic (exact) mass is 680 g/mol. The number of benzene rings is 2. The first-order valence-corrected chi connectivity index (χ1v) is 15.8. The van der Waals surface area contributed by atoms with Crippen LogP contribution in [0.4, 0.5) is 14.5 Å². The number of halogens is 2. The molecule has 0 bridgehead atoms. The van der Waals surface area contributed by atoms with E-state index in [4.69, 9.17) is 30.1 Å². The number of pyridine rings is 1. The molecule has 1 saturated carbocycles. The van der Waals surface area contributed by atoms with Gasteiger partial charge in [0.15, 0.2) is 22.7 Å². The molecule has 5 rings (SSSR count). The largest absolute Gasteiger partial charge is 0.504 e. The molecule has 0 saturated heterocycles. The molecule has 1 unspecified atom stereocenters. The van der Waals surface area contributed by atoms with E-state index in [2.05, 4.69) is 15.3 Å². The summed E-state index contributed by atoms with van der Waals surface area (Å²) >= 11 is 0. The second-order valence-corrected chi connectivity index (χ2v) is 11.7.